The van der Waals surface area contributed by atoms with Gasteiger partial charge in [0.25, 0.3) is 6.43 Å². The highest BCUT2D eigenvalue weighted by atomic mass is 35.5. The lowest BCUT2D eigenvalue weighted by molar-refractivity contribution is 0.160. The number of halogens is 4. The van der Waals surface area contributed by atoms with Crippen LogP contribution in [0.15, 0.2) is 52.7 Å². The van der Waals surface area contributed by atoms with Crippen LogP contribution < -0.4 is 4.31 Å². The summed E-state index contributed by atoms with van der Waals surface area (Å²) in [6.45, 7) is 8.78. The Morgan fingerprint density at radius 1 is 1.03 bits per heavy atom. The fourth-order valence-corrected chi connectivity index (χ4v) is 5.06. The second-order valence-corrected chi connectivity index (χ2v) is 10.1. The highest BCUT2D eigenvalue weighted by Gasteiger charge is 2.24. The van der Waals surface area contributed by atoms with E-state index in [4.69, 9.17) is 11.6 Å². The van der Waals surface area contributed by atoms with Gasteiger partial charge >= 0.3 is 0 Å². The Kier molecular flexibility index (Phi) is 8.18. The molecule has 0 unspecified atom stereocenters. The molecule has 10 heteroatoms. The van der Waals surface area contributed by atoms with Gasteiger partial charge in [-0.1, -0.05) is 35.9 Å². The minimum absolute atomic E-state index is 0.0649. The molecule has 0 aliphatic carbocycles. The van der Waals surface area contributed by atoms with Crippen LogP contribution in [0.25, 0.3) is 0 Å². The zero-order valence-electron chi connectivity index (χ0n) is 19.1. The Bertz CT molecular complexity index is 1050. The Morgan fingerprint density at radius 2 is 1.74 bits per heavy atom. The van der Waals surface area contributed by atoms with Crippen molar-refractivity contribution in [3.8, 4) is 0 Å². The number of benzene rings is 2. The van der Waals surface area contributed by atoms with Crippen LogP contribution in [0.2, 0.25) is 5.02 Å². The van der Waals surface area contributed by atoms with E-state index in [1.807, 2.05) is 24.3 Å². The predicted octanol–water partition coefficient (Wildman–Crippen LogP) is 5.89. The first-order chi connectivity index (χ1) is 16.3. The van der Waals surface area contributed by atoms with Crippen LogP contribution in [-0.2, 0) is 6.54 Å². The monoisotopic (exact) mass is 509 g/mol. The fraction of sp³-hybridized carbons (Fsp3) is 0.417. The van der Waals surface area contributed by atoms with Gasteiger partial charge in [0.2, 0.25) is 0 Å². The molecule has 0 N–H and O–H groups in total. The number of piperazine rings is 1. The highest BCUT2D eigenvalue weighted by molar-refractivity contribution is 7.98. The normalized spacial score (nSPS) is 17.4. The molecule has 0 bridgehead atoms. The average molecular weight is 510 g/mol. The first kappa shape index (κ1) is 25.0. The van der Waals surface area contributed by atoms with Crippen molar-refractivity contribution in [2.24, 2.45) is 10.2 Å². The van der Waals surface area contributed by atoms with Crippen molar-refractivity contribution in [2.75, 3.05) is 30.5 Å². The molecule has 2 heterocycles. The second kappa shape index (κ2) is 11.1. The topological polar surface area (TPSA) is 34.4 Å². The van der Waals surface area contributed by atoms with E-state index >= 15 is 0 Å². The Balaban J connectivity index is 1.47. The number of hydrogen-bond donors (Lipinski definition) is 0. The fourth-order valence-electron chi connectivity index (χ4n) is 3.86. The Labute approximate surface area is 207 Å². The van der Waals surface area contributed by atoms with Crippen molar-refractivity contribution in [1.82, 2.24) is 9.21 Å². The molecule has 1 fully saturated rings. The van der Waals surface area contributed by atoms with Gasteiger partial charge < -0.3 is 0 Å². The molecular weight excluding hydrogens is 483 g/mol. The summed E-state index contributed by atoms with van der Waals surface area (Å²) in [7, 11) is 0. The van der Waals surface area contributed by atoms with Crippen molar-refractivity contribution in [3.05, 3.63) is 64.4 Å². The van der Waals surface area contributed by atoms with Crippen molar-refractivity contribution < 1.29 is 13.2 Å². The summed E-state index contributed by atoms with van der Waals surface area (Å²) in [4.78, 5) is 2.45. The van der Waals surface area contributed by atoms with Gasteiger partial charge in [-0.15, -0.1) is 0 Å². The van der Waals surface area contributed by atoms with E-state index in [0.29, 0.717) is 18.3 Å². The standard InChI is InChI=1S/C24H27ClF3N5S/c1-16(2)31-9-11-32(12-10-31)34-33(19-7-8-21(26)20(25)13-19)15-17-3-5-18(6-4-17)22-14-23(24(27)28)30-29-22/h3-8,13,16,24H,9-12,14-15H2,1-2H3. The van der Waals surface area contributed by atoms with Crippen LogP contribution in [0.4, 0.5) is 18.9 Å². The molecule has 1 saturated heterocycles. The lowest BCUT2D eigenvalue weighted by Gasteiger charge is -2.38. The third-order valence-corrected chi connectivity index (χ3v) is 7.34. The lowest BCUT2D eigenvalue weighted by atomic mass is 10.0. The van der Waals surface area contributed by atoms with Gasteiger partial charge in [-0.05, 0) is 43.2 Å². The van der Waals surface area contributed by atoms with Crippen LogP contribution in [-0.4, -0.2) is 59.3 Å². The van der Waals surface area contributed by atoms with E-state index in [1.54, 1.807) is 24.3 Å². The molecule has 0 saturated carbocycles. The summed E-state index contributed by atoms with van der Waals surface area (Å²) < 4.78 is 43.9. The van der Waals surface area contributed by atoms with Gasteiger partial charge in [0, 0.05) is 50.8 Å². The third kappa shape index (κ3) is 6.13. The molecule has 34 heavy (non-hydrogen) atoms. The van der Waals surface area contributed by atoms with Gasteiger partial charge in [0.1, 0.15) is 11.5 Å². The summed E-state index contributed by atoms with van der Waals surface area (Å²) in [5, 5.41) is 7.58. The number of anilines is 1. The van der Waals surface area contributed by atoms with Crippen LogP contribution in [0.3, 0.4) is 0 Å². The molecule has 2 aliphatic heterocycles. The largest absolute Gasteiger partial charge is 0.299 e. The van der Waals surface area contributed by atoms with E-state index in [2.05, 4.69) is 37.6 Å². The van der Waals surface area contributed by atoms with Crippen molar-refractivity contribution in [3.63, 3.8) is 0 Å². The molecule has 182 valence electrons. The molecular formula is C24H27ClF3N5S. The minimum Gasteiger partial charge on any atom is -0.299 e. The molecule has 0 spiro atoms. The number of hydrogen-bond acceptors (Lipinski definition) is 6. The van der Waals surface area contributed by atoms with Crippen molar-refractivity contribution in [2.45, 2.75) is 39.3 Å². The summed E-state index contributed by atoms with van der Waals surface area (Å²) in [6.07, 6.45) is -2.52. The van der Waals surface area contributed by atoms with E-state index in [-0.39, 0.29) is 17.2 Å². The zero-order chi connectivity index (χ0) is 24.2. The highest BCUT2D eigenvalue weighted by Crippen LogP contribution is 2.31. The van der Waals surface area contributed by atoms with E-state index in [9.17, 15) is 13.2 Å². The van der Waals surface area contributed by atoms with Crippen molar-refractivity contribution >= 4 is 40.8 Å². The predicted molar refractivity (Wildman–Crippen MR) is 135 cm³/mol. The first-order valence-corrected chi connectivity index (χ1v) is 12.3. The maximum atomic E-state index is 13.8. The maximum absolute atomic E-state index is 13.8. The Hall–Kier alpha value is -2.07. The van der Waals surface area contributed by atoms with Gasteiger partial charge in [-0.2, -0.15) is 10.2 Å². The molecule has 5 nitrogen and oxygen atoms in total. The number of alkyl halides is 2. The summed E-state index contributed by atoms with van der Waals surface area (Å²) in [5.74, 6) is -0.451. The molecule has 0 atom stereocenters. The number of nitrogens with zero attached hydrogens (tertiary/aromatic N) is 5. The van der Waals surface area contributed by atoms with E-state index in [1.165, 1.54) is 6.07 Å². The molecule has 0 radical (unpaired) electrons. The van der Waals surface area contributed by atoms with Gasteiger partial charge in [0.05, 0.1) is 23.0 Å². The number of rotatable bonds is 8. The van der Waals surface area contributed by atoms with Gasteiger partial charge in [-0.3, -0.25) is 9.21 Å². The first-order valence-electron chi connectivity index (χ1n) is 11.2. The summed E-state index contributed by atoms with van der Waals surface area (Å²) in [5.41, 5.74) is 2.94. The zero-order valence-corrected chi connectivity index (χ0v) is 20.7. The van der Waals surface area contributed by atoms with Crippen LogP contribution in [0, 0.1) is 5.82 Å². The lowest BCUT2D eigenvalue weighted by Crippen LogP contribution is -2.47. The van der Waals surface area contributed by atoms with E-state index in [0.717, 1.165) is 43.0 Å². The molecule has 0 amide bonds. The van der Waals surface area contributed by atoms with Crippen LogP contribution in [0.5, 0.6) is 0 Å². The van der Waals surface area contributed by atoms with Crippen LogP contribution >= 0.6 is 23.7 Å². The maximum Gasteiger partial charge on any atom is 0.278 e. The molecule has 4 rings (SSSR count). The minimum atomic E-state index is -2.59. The van der Waals surface area contributed by atoms with Gasteiger partial charge in [-0.25, -0.2) is 17.5 Å². The Morgan fingerprint density at radius 3 is 2.32 bits per heavy atom. The SMILES string of the molecule is CC(C)N1CCN(SN(Cc2ccc(C3=NN=C(C(F)F)C3)cc2)c2ccc(F)c(Cl)c2)CC1. The summed E-state index contributed by atoms with van der Waals surface area (Å²) in [6, 6.07) is 12.9. The molecule has 2 aromatic carbocycles. The second-order valence-electron chi connectivity index (χ2n) is 8.59. The third-order valence-electron chi connectivity index (χ3n) is 5.92. The van der Waals surface area contributed by atoms with E-state index < -0.39 is 12.2 Å². The quantitative estimate of drug-likeness (QED) is 0.416. The average Bonchev–Trinajstić information content (AvgIpc) is 3.32. The molecule has 2 aliphatic rings. The van der Waals surface area contributed by atoms with Gasteiger partial charge in [0.15, 0.2) is 0 Å². The van der Waals surface area contributed by atoms with Crippen LogP contribution in [0.1, 0.15) is 31.4 Å². The smallest absolute Gasteiger partial charge is 0.278 e. The van der Waals surface area contributed by atoms with Crippen molar-refractivity contribution in [1.29, 1.82) is 0 Å². The molecule has 0 aromatic heterocycles. The summed E-state index contributed by atoms with van der Waals surface area (Å²) >= 11 is 7.68. The molecule has 2 aromatic rings.